The van der Waals surface area contributed by atoms with E-state index in [2.05, 4.69) is 5.32 Å². The molecule has 18 heavy (non-hydrogen) atoms. The van der Waals surface area contributed by atoms with Crippen LogP contribution in [-0.2, 0) is 4.79 Å². The zero-order chi connectivity index (χ0) is 13.7. The lowest BCUT2D eigenvalue weighted by atomic mass is 10.1. The largest absolute Gasteiger partial charge is 0.480 e. The predicted molar refractivity (Wildman–Crippen MR) is 65.6 cm³/mol. The molecule has 96 valence electrons. The molecule has 0 aliphatic heterocycles. The van der Waals surface area contributed by atoms with E-state index in [1.807, 2.05) is 0 Å². The number of carbonyl (C=O) groups is 3. The van der Waals surface area contributed by atoms with E-state index in [-0.39, 0.29) is 5.78 Å². The Bertz CT molecular complexity index is 464. The van der Waals surface area contributed by atoms with Gasteiger partial charge in [-0.05, 0) is 19.1 Å². The summed E-state index contributed by atoms with van der Waals surface area (Å²) >= 11 is 0. The molecule has 5 nitrogen and oxygen atoms in total. The van der Waals surface area contributed by atoms with E-state index >= 15 is 0 Å². The molecular weight excluding hydrogens is 234 g/mol. The highest BCUT2D eigenvalue weighted by Crippen LogP contribution is 2.07. The van der Waals surface area contributed by atoms with Crippen molar-refractivity contribution in [1.82, 2.24) is 5.32 Å². The summed E-state index contributed by atoms with van der Waals surface area (Å²) in [7, 11) is 0. The minimum Gasteiger partial charge on any atom is -0.480 e. The Morgan fingerprint density at radius 1 is 1.17 bits per heavy atom. The maximum atomic E-state index is 11.7. The van der Waals surface area contributed by atoms with Crippen LogP contribution in [0, 0.1) is 0 Å². The maximum Gasteiger partial charge on any atom is 0.325 e. The van der Waals surface area contributed by atoms with Gasteiger partial charge in [0.15, 0.2) is 5.78 Å². The van der Waals surface area contributed by atoms with Gasteiger partial charge < -0.3 is 10.4 Å². The van der Waals surface area contributed by atoms with Gasteiger partial charge in [-0.15, -0.1) is 0 Å². The average molecular weight is 249 g/mol. The number of hydrogen-bond acceptors (Lipinski definition) is 3. The molecule has 2 N–H and O–H groups in total. The lowest BCUT2D eigenvalue weighted by Gasteiger charge is -2.09. The Morgan fingerprint density at radius 2 is 1.67 bits per heavy atom. The molecule has 0 heterocycles. The van der Waals surface area contributed by atoms with Crippen LogP contribution in [0.5, 0.6) is 0 Å². The van der Waals surface area contributed by atoms with E-state index in [1.54, 1.807) is 19.1 Å². The Morgan fingerprint density at radius 3 is 2.11 bits per heavy atom. The smallest absolute Gasteiger partial charge is 0.325 e. The first-order valence-corrected chi connectivity index (χ1v) is 5.62. The van der Waals surface area contributed by atoms with Crippen LogP contribution in [-0.4, -0.2) is 28.8 Å². The molecule has 0 aliphatic carbocycles. The number of carbonyl (C=O) groups excluding carboxylic acids is 2. The van der Waals surface area contributed by atoms with Crippen LogP contribution >= 0.6 is 0 Å². The number of rotatable bonds is 5. The first-order chi connectivity index (χ1) is 8.45. The number of carboxylic acids is 1. The van der Waals surface area contributed by atoms with Crippen molar-refractivity contribution in [3.63, 3.8) is 0 Å². The zero-order valence-corrected chi connectivity index (χ0v) is 10.3. The van der Waals surface area contributed by atoms with E-state index in [0.29, 0.717) is 17.5 Å². The number of carboxylic acid groups (broad SMARTS) is 1. The summed E-state index contributed by atoms with van der Waals surface area (Å²) in [6, 6.07) is 5.19. The molecular formula is C13H15NO4. The first-order valence-electron chi connectivity index (χ1n) is 5.62. The number of ketones is 1. The monoisotopic (exact) mass is 249 g/mol. The van der Waals surface area contributed by atoms with Crippen LogP contribution in [0.3, 0.4) is 0 Å². The highest BCUT2D eigenvalue weighted by Gasteiger charge is 2.15. The number of aliphatic carboxylic acids is 1. The minimum atomic E-state index is -1.10. The van der Waals surface area contributed by atoms with Crippen LogP contribution in [0.1, 0.15) is 41.0 Å². The Hall–Kier alpha value is -2.17. The summed E-state index contributed by atoms with van der Waals surface area (Å²) in [6.07, 6.45) is 0.404. The SMILES string of the molecule is CCC(=O)c1ccc(C(=O)N[C@@H](C)C(=O)O)cc1. The molecule has 0 saturated heterocycles. The molecule has 0 aromatic heterocycles. The van der Waals surface area contributed by atoms with Crippen molar-refractivity contribution in [3.8, 4) is 0 Å². The van der Waals surface area contributed by atoms with E-state index in [0.717, 1.165) is 0 Å². The summed E-state index contributed by atoms with van der Waals surface area (Å²) in [4.78, 5) is 33.6. The van der Waals surface area contributed by atoms with Crippen molar-refractivity contribution in [2.24, 2.45) is 0 Å². The third-order valence-electron chi connectivity index (χ3n) is 2.51. The summed E-state index contributed by atoms with van der Waals surface area (Å²) in [5.74, 6) is -1.57. The van der Waals surface area contributed by atoms with Gasteiger partial charge >= 0.3 is 5.97 Å². The average Bonchev–Trinajstić information content (AvgIpc) is 2.37. The molecule has 0 spiro atoms. The molecule has 1 aromatic carbocycles. The second-order valence-electron chi connectivity index (χ2n) is 3.89. The normalized spacial score (nSPS) is 11.7. The van der Waals surface area contributed by atoms with E-state index in [1.165, 1.54) is 19.1 Å². The van der Waals surface area contributed by atoms with Gasteiger partial charge in [-0.1, -0.05) is 19.1 Å². The molecule has 0 saturated carbocycles. The van der Waals surface area contributed by atoms with Crippen LogP contribution in [0.25, 0.3) is 0 Å². The van der Waals surface area contributed by atoms with Crippen molar-refractivity contribution in [2.45, 2.75) is 26.3 Å². The molecule has 1 amide bonds. The Balaban J connectivity index is 2.76. The molecule has 1 atom stereocenters. The Labute approximate surface area is 105 Å². The van der Waals surface area contributed by atoms with Crippen molar-refractivity contribution < 1.29 is 19.5 Å². The molecule has 0 radical (unpaired) electrons. The molecule has 0 unspecified atom stereocenters. The lowest BCUT2D eigenvalue weighted by molar-refractivity contribution is -0.138. The zero-order valence-electron chi connectivity index (χ0n) is 10.3. The number of hydrogen-bond donors (Lipinski definition) is 2. The fourth-order valence-corrected chi connectivity index (χ4v) is 1.35. The number of Topliss-reactive ketones (excluding diaryl/α,β-unsaturated/α-hetero) is 1. The van der Waals surface area contributed by atoms with Gasteiger partial charge in [0.05, 0.1) is 0 Å². The van der Waals surface area contributed by atoms with Crippen molar-refractivity contribution >= 4 is 17.7 Å². The summed E-state index contributed by atoms with van der Waals surface area (Å²) in [5.41, 5.74) is 0.871. The van der Waals surface area contributed by atoms with Crippen LogP contribution in [0.2, 0.25) is 0 Å². The van der Waals surface area contributed by atoms with E-state index in [9.17, 15) is 14.4 Å². The molecule has 0 aliphatic rings. The van der Waals surface area contributed by atoms with Gasteiger partial charge in [-0.25, -0.2) is 0 Å². The molecule has 5 heteroatoms. The minimum absolute atomic E-state index is 0.000798. The number of amides is 1. The fourth-order valence-electron chi connectivity index (χ4n) is 1.35. The molecule has 0 bridgehead atoms. The van der Waals surface area contributed by atoms with E-state index < -0.39 is 17.9 Å². The van der Waals surface area contributed by atoms with Gasteiger partial charge in [0.25, 0.3) is 5.91 Å². The topological polar surface area (TPSA) is 83.5 Å². The highest BCUT2D eigenvalue weighted by molar-refractivity contribution is 5.99. The van der Waals surface area contributed by atoms with Crippen molar-refractivity contribution in [3.05, 3.63) is 35.4 Å². The van der Waals surface area contributed by atoms with Crippen LogP contribution in [0.4, 0.5) is 0 Å². The van der Waals surface area contributed by atoms with Crippen LogP contribution < -0.4 is 5.32 Å². The second-order valence-corrected chi connectivity index (χ2v) is 3.89. The highest BCUT2D eigenvalue weighted by atomic mass is 16.4. The lowest BCUT2D eigenvalue weighted by Crippen LogP contribution is -2.38. The molecule has 1 rings (SSSR count). The van der Waals surface area contributed by atoms with Crippen molar-refractivity contribution in [2.75, 3.05) is 0 Å². The quantitative estimate of drug-likeness (QED) is 0.774. The maximum absolute atomic E-state index is 11.7. The molecule has 1 aromatic rings. The van der Waals surface area contributed by atoms with Gasteiger partial charge in [-0.2, -0.15) is 0 Å². The van der Waals surface area contributed by atoms with Gasteiger partial charge in [-0.3, -0.25) is 14.4 Å². The Kier molecular flexibility index (Phi) is 4.59. The first kappa shape index (κ1) is 13.9. The van der Waals surface area contributed by atoms with Crippen LogP contribution in [0.15, 0.2) is 24.3 Å². The van der Waals surface area contributed by atoms with Gasteiger partial charge in [0.1, 0.15) is 6.04 Å². The predicted octanol–water partition coefficient (Wildman–Crippen LogP) is 1.48. The molecule has 0 fully saturated rings. The fraction of sp³-hybridized carbons (Fsp3) is 0.308. The standard InChI is InChI=1S/C13H15NO4/c1-3-11(15)9-4-6-10(7-5-9)12(16)14-8(2)13(17)18/h4-8H,3H2,1-2H3,(H,14,16)(H,17,18)/t8-/m0/s1. The van der Waals surface area contributed by atoms with Crippen molar-refractivity contribution in [1.29, 1.82) is 0 Å². The number of nitrogens with one attached hydrogen (secondary N) is 1. The third kappa shape index (κ3) is 3.41. The summed E-state index contributed by atoms with van der Waals surface area (Å²) < 4.78 is 0. The van der Waals surface area contributed by atoms with E-state index in [4.69, 9.17) is 5.11 Å². The van der Waals surface area contributed by atoms with Gasteiger partial charge in [0.2, 0.25) is 0 Å². The second kappa shape index (κ2) is 5.95. The summed E-state index contributed by atoms with van der Waals surface area (Å²) in [6.45, 7) is 3.15. The van der Waals surface area contributed by atoms with Gasteiger partial charge in [0, 0.05) is 17.5 Å². The number of benzene rings is 1. The summed E-state index contributed by atoms with van der Waals surface area (Å²) in [5, 5.41) is 11.0. The third-order valence-corrected chi connectivity index (χ3v) is 2.51.